The van der Waals surface area contributed by atoms with Gasteiger partial charge >= 0.3 is 11.7 Å². The van der Waals surface area contributed by atoms with Gasteiger partial charge in [0.25, 0.3) is 5.56 Å². The van der Waals surface area contributed by atoms with Crippen LogP contribution in [0.1, 0.15) is 25.1 Å². The number of nitrogens with zero attached hydrogens (tertiary/aromatic N) is 1. The van der Waals surface area contributed by atoms with Crippen LogP contribution in [0.15, 0.2) is 19.9 Å². The molecule has 3 atom stereocenters. The third-order valence-electron chi connectivity index (χ3n) is 3.26. The van der Waals surface area contributed by atoms with Gasteiger partial charge in [-0.3, -0.25) is 19.1 Å². The number of hydrogen-bond acceptors (Lipinski definition) is 6. The highest BCUT2D eigenvalue weighted by atomic mass is 127. The second kappa shape index (κ2) is 7.73. The predicted molar refractivity (Wildman–Crippen MR) is 93.4 cm³/mol. The van der Waals surface area contributed by atoms with Crippen LogP contribution >= 0.6 is 38.5 Å². The SMILES string of the molecule is CC(=O)O[C@@H]1C[C@@H](CO)O[C@H]1n1cc(/C(Br)=C\I)c(=O)[nH]c1=O. The van der Waals surface area contributed by atoms with E-state index in [1.165, 1.54) is 13.1 Å². The lowest BCUT2D eigenvalue weighted by atomic mass is 10.2. The molecule has 1 fully saturated rings. The molecule has 0 saturated carbocycles. The van der Waals surface area contributed by atoms with E-state index < -0.39 is 35.7 Å². The molecule has 10 heteroatoms. The van der Waals surface area contributed by atoms with E-state index >= 15 is 0 Å². The third-order valence-corrected chi connectivity index (χ3v) is 5.40. The minimum absolute atomic E-state index is 0.233. The topological polar surface area (TPSA) is 111 Å². The Morgan fingerprint density at radius 1 is 1.65 bits per heavy atom. The molecule has 0 bridgehead atoms. The maximum absolute atomic E-state index is 12.1. The van der Waals surface area contributed by atoms with Crippen LogP contribution in [0.5, 0.6) is 0 Å². The highest BCUT2D eigenvalue weighted by Crippen LogP contribution is 2.31. The first-order chi connectivity index (χ1) is 10.9. The molecule has 1 saturated heterocycles. The average molecular weight is 501 g/mol. The Balaban J connectivity index is 2.48. The number of halogens is 2. The third kappa shape index (κ3) is 4.11. The molecular weight excluding hydrogens is 487 g/mol. The maximum atomic E-state index is 12.1. The number of aromatic amines is 1. The molecular formula is C13H14BrIN2O6. The molecule has 1 aliphatic heterocycles. The first kappa shape index (κ1) is 18.4. The zero-order valence-electron chi connectivity index (χ0n) is 12.0. The molecule has 0 unspecified atom stereocenters. The minimum Gasteiger partial charge on any atom is -0.458 e. The van der Waals surface area contributed by atoms with Crippen molar-refractivity contribution in [1.82, 2.24) is 9.55 Å². The number of H-pyrrole nitrogens is 1. The first-order valence-electron chi connectivity index (χ1n) is 6.62. The van der Waals surface area contributed by atoms with Gasteiger partial charge in [-0.05, 0) is 20.0 Å². The number of aliphatic hydroxyl groups excluding tert-OH is 1. The molecule has 0 aliphatic carbocycles. The molecule has 23 heavy (non-hydrogen) atoms. The van der Waals surface area contributed by atoms with Gasteiger partial charge in [-0.15, -0.1) is 0 Å². The number of rotatable bonds is 4. The Kier molecular flexibility index (Phi) is 6.17. The van der Waals surface area contributed by atoms with Gasteiger partial charge in [0, 0.05) is 24.0 Å². The number of hydrogen-bond donors (Lipinski definition) is 2. The van der Waals surface area contributed by atoms with Crippen molar-refractivity contribution in [3.8, 4) is 0 Å². The number of carbonyl (C=O) groups is 1. The summed E-state index contributed by atoms with van der Waals surface area (Å²) in [4.78, 5) is 37.4. The van der Waals surface area contributed by atoms with Gasteiger partial charge in [0.15, 0.2) is 6.23 Å². The fourth-order valence-corrected chi connectivity index (χ4v) is 2.92. The number of esters is 1. The Morgan fingerprint density at radius 3 is 2.91 bits per heavy atom. The van der Waals surface area contributed by atoms with Crippen molar-refractivity contribution < 1.29 is 19.4 Å². The van der Waals surface area contributed by atoms with Crippen LogP contribution in [0.3, 0.4) is 0 Å². The van der Waals surface area contributed by atoms with Crippen molar-refractivity contribution >= 4 is 49.0 Å². The normalized spacial score (nSPS) is 24.7. The Labute approximate surface area is 152 Å². The van der Waals surface area contributed by atoms with E-state index in [2.05, 4.69) is 20.9 Å². The lowest BCUT2D eigenvalue weighted by Gasteiger charge is -2.20. The maximum Gasteiger partial charge on any atom is 0.330 e. The lowest BCUT2D eigenvalue weighted by molar-refractivity contribution is -0.152. The quantitative estimate of drug-likeness (QED) is 0.469. The van der Waals surface area contributed by atoms with Crippen molar-refractivity contribution in [3.63, 3.8) is 0 Å². The number of nitrogens with one attached hydrogen (secondary N) is 1. The van der Waals surface area contributed by atoms with Gasteiger partial charge in [-0.1, -0.05) is 22.6 Å². The van der Waals surface area contributed by atoms with Gasteiger partial charge in [-0.25, -0.2) is 4.79 Å². The summed E-state index contributed by atoms with van der Waals surface area (Å²) in [6, 6.07) is 0. The average Bonchev–Trinajstić information content (AvgIpc) is 2.88. The largest absolute Gasteiger partial charge is 0.458 e. The van der Waals surface area contributed by atoms with Crippen molar-refractivity contribution in [3.05, 3.63) is 36.7 Å². The van der Waals surface area contributed by atoms with Gasteiger partial charge < -0.3 is 14.6 Å². The minimum atomic E-state index is -0.923. The fourth-order valence-electron chi connectivity index (χ4n) is 2.30. The van der Waals surface area contributed by atoms with E-state index in [9.17, 15) is 19.5 Å². The van der Waals surface area contributed by atoms with E-state index in [1.54, 1.807) is 4.08 Å². The highest BCUT2D eigenvalue weighted by Gasteiger charge is 2.39. The Bertz CT molecular complexity index is 743. The number of carbonyl (C=O) groups excluding carboxylic acids is 1. The summed E-state index contributed by atoms with van der Waals surface area (Å²) >= 11 is 5.18. The standard InChI is InChI=1S/C13H14BrIN2O6/c1-6(19)22-10-2-7(5-18)23-12(10)17-4-8(9(14)3-15)11(20)16-13(17)21/h3-4,7,10,12,18H,2,5H2,1H3,(H,16,20,21)/b9-3+/t7-,10+,12+/m0/s1. The van der Waals surface area contributed by atoms with Crippen molar-refractivity contribution in [2.75, 3.05) is 6.61 Å². The van der Waals surface area contributed by atoms with E-state index in [0.29, 0.717) is 4.48 Å². The number of aliphatic hydroxyl groups is 1. The van der Waals surface area contributed by atoms with E-state index in [1.807, 2.05) is 22.6 Å². The molecule has 1 aliphatic rings. The van der Waals surface area contributed by atoms with E-state index in [0.717, 1.165) is 4.57 Å². The van der Waals surface area contributed by atoms with Crippen LogP contribution in [-0.2, 0) is 14.3 Å². The molecule has 0 spiro atoms. The summed E-state index contributed by atoms with van der Waals surface area (Å²) in [6.45, 7) is 0.983. The van der Waals surface area contributed by atoms with Crippen LogP contribution in [-0.4, -0.2) is 39.4 Å². The first-order valence-corrected chi connectivity index (χ1v) is 8.66. The summed E-state index contributed by atoms with van der Waals surface area (Å²) in [5, 5.41) is 9.25. The van der Waals surface area contributed by atoms with Gasteiger partial charge in [0.05, 0.1) is 18.3 Å². The lowest BCUT2D eigenvalue weighted by Crippen LogP contribution is -2.37. The Morgan fingerprint density at radius 2 is 2.35 bits per heavy atom. The highest BCUT2D eigenvalue weighted by molar-refractivity contribution is 14.1. The summed E-state index contributed by atoms with van der Waals surface area (Å²) in [5.74, 6) is -0.520. The van der Waals surface area contributed by atoms with Gasteiger partial charge in [0.2, 0.25) is 0 Å². The molecule has 126 valence electrons. The summed E-state index contributed by atoms with van der Waals surface area (Å²) in [7, 11) is 0. The van der Waals surface area contributed by atoms with Crippen LogP contribution in [0, 0.1) is 0 Å². The van der Waals surface area contributed by atoms with Crippen LogP contribution < -0.4 is 11.2 Å². The van der Waals surface area contributed by atoms with E-state index in [4.69, 9.17) is 9.47 Å². The van der Waals surface area contributed by atoms with Gasteiger partial charge in [-0.2, -0.15) is 0 Å². The second-order valence-corrected chi connectivity index (χ2v) is 6.36. The number of aromatic nitrogens is 2. The second-order valence-electron chi connectivity index (χ2n) is 4.88. The summed E-state index contributed by atoms with van der Waals surface area (Å²) in [5.41, 5.74) is -1.00. The molecule has 0 aromatic carbocycles. The van der Waals surface area contributed by atoms with Gasteiger partial charge in [0.1, 0.15) is 6.10 Å². The van der Waals surface area contributed by atoms with Crippen molar-refractivity contribution in [1.29, 1.82) is 0 Å². The molecule has 0 radical (unpaired) electrons. The summed E-state index contributed by atoms with van der Waals surface area (Å²) in [6.07, 6.45) is -0.626. The van der Waals surface area contributed by atoms with Crippen LogP contribution in [0.2, 0.25) is 0 Å². The zero-order chi connectivity index (χ0) is 17.1. The number of ether oxygens (including phenoxy) is 2. The van der Waals surface area contributed by atoms with Crippen molar-refractivity contribution in [2.45, 2.75) is 31.8 Å². The molecule has 1 aromatic heterocycles. The van der Waals surface area contributed by atoms with Crippen molar-refractivity contribution in [2.24, 2.45) is 0 Å². The van der Waals surface area contributed by atoms with E-state index in [-0.39, 0.29) is 18.6 Å². The molecule has 2 heterocycles. The predicted octanol–water partition coefficient (Wildman–Crippen LogP) is 0.876. The van der Waals surface area contributed by atoms with Crippen LogP contribution in [0.4, 0.5) is 0 Å². The fraction of sp³-hybridized carbons (Fsp3) is 0.462. The van der Waals surface area contributed by atoms with Crippen LogP contribution in [0.25, 0.3) is 4.48 Å². The summed E-state index contributed by atoms with van der Waals surface area (Å²) < 4.78 is 14.0. The molecule has 0 amide bonds. The zero-order valence-corrected chi connectivity index (χ0v) is 15.7. The monoisotopic (exact) mass is 500 g/mol. The molecule has 8 nitrogen and oxygen atoms in total. The molecule has 2 rings (SSSR count). The molecule has 2 N–H and O–H groups in total. The smallest absolute Gasteiger partial charge is 0.330 e. The molecule has 1 aromatic rings. The Hall–Kier alpha value is -0.980.